The van der Waals surface area contributed by atoms with Crippen molar-refractivity contribution in [1.29, 1.82) is 0 Å². The summed E-state index contributed by atoms with van der Waals surface area (Å²) in [5.41, 5.74) is 5.62. The number of nitrogens with one attached hydrogen (secondary N) is 3. The summed E-state index contributed by atoms with van der Waals surface area (Å²) in [5, 5.41) is 6.31. The van der Waals surface area contributed by atoms with Gasteiger partial charge in [0.2, 0.25) is 5.95 Å². The van der Waals surface area contributed by atoms with E-state index in [0.717, 1.165) is 31.4 Å². The third-order valence-electron chi connectivity index (χ3n) is 6.56. The second-order valence-corrected chi connectivity index (χ2v) is 10.8. The van der Waals surface area contributed by atoms with E-state index in [2.05, 4.69) is 25.6 Å². The van der Waals surface area contributed by atoms with Crippen molar-refractivity contribution in [2.45, 2.75) is 75.4 Å². The van der Waals surface area contributed by atoms with Gasteiger partial charge in [0.25, 0.3) is 5.56 Å². The Labute approximate surface area is 229 Å². The molecule has 2 aliphatic heterocycles. The molecule has 0 saturated carbocycles. The van der Waals surface area contributed by atoms with Gasteiger partial charge in [0.05, 0.1) is 31.6 Å². The highest BCUT2D eigenvalue weighted by molar-refractivity contribution is 8.00. The molecule has 2 saturated heterocycles. The minimum absolute atomic E-state index is 0.00967. The molecule has 2 aromatic rings. The number of esters is 2. The van der Waals surface area contributed by atoms with E-state index < -0.39 is 5.56 Å². The molecule has 2 fully saturated rings. The Morgan fingerprint density at radius 3 is 2.62 bits per heavy atom. The van der Waals surface area contributed by atoms with E-state index in [1.54, 1.807) is 0 Å². The number of carbonyl (C=O) groups excluding carboxylic acids is 3. The van der Waals surface area contributed by atoms with Crippen molar-refractivity contribution in [1.82, 2.24) is 30.2 Å². The Morgan fingerprint density at radius 2 is 1.79 bits per heavy atom. The van der Waals surface area contributed by atoms with E-state index in [4.69, 9.17) is 19.9 Å². The van der Waals surface area contributed by atoms with Crippen LogP contribution >= 0.6 is 11.8 Å². The second-order valence-electron chi connectivity index (χ2n) is 9.49. The lowest BCUT2D eigenvalue weighted by atomic mass is 10.0. The first-order chi connectivity index (χ1) is 18.9. The van der Waals surface area contributed by atoms with Crippen LogP contribution in [-0.4, -0.2) is 80.4 Å². The van der Waals surface area contributed by atoms with Crippen molar-refractivity contribution in [3.05, 3.63) is 16.7 Å². The monoisotopic (exact) mass is 565 g/mol. The quantitative estimate of drug-likeness (QED) is 0.129. The zero-order chi connectivity index (χ0) is 27.6. The van der Waals surface area contributed by atoms with Crippen molar-refractivity contribution < 1.29 is 28.6 Å². The number of rotatable bonds is 16. The zero-order valence-corrected chi connectivity index (χ0v) is 22.5. The van der Waals surface area contributed by atoms with Crippen LogP contribution < -0.4 is 21.9 Å². The van der Waals surface area contributed by atoms with E-state index in [-0.39, 0.29) is 67.9 Å². The Bertz CT molecular complexity index is 1200. The number of H-pyrrole nitrogens is 1. The minimum Gasteiger partial charge on any atom is -0.466 e. The number of thioether (sulfide) groups is 1. The number of nitrogens with two attached hydrogens (primary N) is 1. The number of nitrogen functional groups attached to an aromatic ring is 1. The van der Waals surface area contributed by atoms with Gasteiger partial charge in [-0.3, -0.25) is 23.9 Å². The molecule has 0 aliphatic carbocycles. The number of unbranched alkanes of at least 4 members (excludes halogenated alkanes) is 3. The lowest BCUT2D eigenvalue weighted by Crippen LogP contribution is -2.36. The van der Waals surface area contributed by atoms with Crippen LogP contribution in [0.4, 0.5) is 10.7 Å². The van der Waals surface area contributed by atoms with Crippen LogP contribution in [0.2, 0.25) is 0 Å². The number of hydrogen-bond acceptors (Lipinski definition) is 11. The van der Waals surface area contributed by atoms with Gasteiger partial charge >= 0.3 is 18.0 Å². The number of ether oxygens (including phenoxy) is 3. The number of amides is 2. The Hall–Kier alpha value is -3.33. The van der Waals surface area contributed by atoms with E-state index in [0.29, 0.717) is 36.8 Å². The molecule has 2 aliphatic rings. The number of nitrogens with zero attached hydrogens (tertiary/aromatic N) is 3. The van der Waals surface area contributed by atoms with Crippen molar-refractivity contribution in [3.63, 3.8) is 0 Å². The van der Waals surface area contributed by atoms with Crippen LogP contribution in [0.5, 0.6) is 0 Å². The molecular formula is C24H35N7O7S. The number of urea groups is 1. The fourth-order valence-electron chi connectivity index (χ4n) is 4.58. The van der Waals surface area contributed by atoms with Gasteiger partial charge < -0.3 is 30.6 Å². The summed E-state index contributed by atoms with van der Waals surface area (Å²) in [6, 6.07) is 0.340. The molecule has 2 amide bonds. The van der Waals surface area contributed by atoms with Gasteiger partial charge in [-0.15, -0.1) is 0 Å². The summed E-state index contributed by atoms with van der Waals surface area (Å²) in [4.78, 5) is 57.4. The molecule has 0 aromatic carbocycles. The van der Waals surface area contributed by atoms with Crippen LogP contribution in [0.3, 0.4) is 0 Å². The van der Waals surface area contributed by atoms with Crippen molar-refractivity contribution in [2.75, 3.05) is 31.3 Å². The average Bonchev–Trinajstić information content (AvgIpc) is 3.58. The van der Waals surface area contributed by atoms with Gasteiger partial charge in [-0.1, -0.05) is 6.42 Å². The maximum atomic E-state index is 11.9. The van der Waals surface area contributed by atoms with Gasteiger partial charge in [-0.25, -0.2) is 9.78 Å². The number of anilines is 1. The predicted molar refractivity (Wildman–Crippen MR) is 143 cm³/mol. The highest BCUT2D eigenvalue weighted by Gasteiger charge is 2.42. The topological polar surface area (TPSA) is 193 Å². The molecule has 2 aromatic heterocycles. The normalized spacial score (nSPS) is 20.0. The summed E-state index contributed by atoms with van der Waals surface area (Å²) < 4.78 is 17.4. The largest absolute Gasteiger partial charge is 0.466 e. The highest BCUT2D eigenvalue weighted by Crippen LogP contribution is 2.33. The van der Waals surface area contributed by atoms with E-state index in [1.807, 2.05) is 11.8 Å². The minimum atomic E-state index is -0.424. The molecule has 0 spiro atoms. The first-order valence-electron chi connectivity index (χ1n) is 13.2. The summed E-state index contributed by atoms with van der Waals surface area (Å²) in [7, 11) is 0. The maximum absolute atomic E-state index is 11.9. The zero-order valence-electron chi connectivity index (χ0n) is 21.7. The Morgan fingerprint density at radius 1 is 1.03 bits per heavy atom. The van der Waals surface area contributed by atoms with E-state index >= 15 is 0 Å². The standard InChI is InChI=1S/C24H35N7O7S/c25-23-29-21-20(22(34)30-23)26-13-31(21)14-36-10-11-38-18(33)7-2-1-5-9-37-17(32)8-4-3-6-16-19-15(12-39-16)27-24(35)28-19/h13,15-16,19H,1-12,14H2,(H2,27,28,35)(H3,25,29,30,34)/t15-,16?,19-/m0/s1. The smallest absolute Gasteiger partial charge is 0.315 e. The second kappa shape index (κ2) is 14.2. The van der Waals surface area contributed by atoms with Crippen LogP contribution in [0, 0.1) is 0 Å². The summed E-state index contributed by atoms with van der Waals surface area (Å²) in [6.07, 6.45) is 6.86. The van der Waals surface area contributed by atoms with Crippen LogP contribution in [0.15, 0.2) is 11.1 Å². The summed E-state index contributed by atoms with van der Waals surface area (Å²) >= 11 is 1.87. The third kappa shape index (κ3) is 8.33. The van der Waals surface area contributed by atoms with Crippen molar-refractivity contribution in [3.8, 4) is 0 Å². The first-order valence-corrected chi connectivity index (χ1v) is 14.2. The van der Waals surface area contributed by atoms with Gasteiger partial charge in [0.1, 0.15) is 13.3 Å². The number of imidazole rings is 1. The molecule has 15 heteroatoms. The molecule has 214 valence electrons. The lowest BCUT2D eigenvalue weighted by Gasteiger charge is -2.16. The number of aromatic amines is 1. The highest BCUT2D eigenvalue weighted by atomic mass is 32.2. The lowest BCUT2D eigenvalue weighted by molar-refractivity contribution is -0.146. The van der Waals surface area contributed by atoms with Crippen LogP contribution in [0.25, 0.3) is 11.2 Å². The maximum Gasteiger partial charge on any atom is 0.315 e. The van der Waals surface area contributed by atoms with Gasteiger partial charge in [-0.2, -0.15) is 16.7 Å². The number of aromatic nitrogens is 4. The van der Waals surface area contributed by atoms with Gasteiger partial charge in [-0.05, 0) is 32.1 Å². The van der Waals surface area contributed by atoms with Crippen molar-refractivity contribution in [2.24, 2.45) is 0 Å². The van der Waals surface area contributed by atoms with E-state index in [9.17, 15) is 19.2 Å². The SMILES string of the molecule is Nc1nc2c(ncn2COCCOC(=O)CCCCCOC(=O)CCCCC2SC[C@@H]3NC(=O)N[C@H]23)c(=O)[nH]1. The molecule has 4 heterocycles. The van der Waals surface area contributed by atoms with Crippen LogP contribution in [0.1, 0.15) is 51.4 Å². The number of fused-ring (bicyclic) bond motifs is 2. The molecule has 0 radical (unpaired) electrons. The van der Waals surface area contributed by atoms with Gasteiger partial charge in [0.15, 0.2) is 11.2 Å². The Kier molecular flexibility index (Phi) is 10.4. The molecule has 0 bridgehead atoms. The average molecular weight is 566 g/mol. The molecule has 39 heavy (non-hydrogen) atoms. The molecule has 4 rings (SSSR count). The fourth-order valence-corrected chi connectivity index (χ4v) is 6.12. The molecule has 5 N–H and O–H groups in total. The van der Waals surface area contributed by atoms with Crippen molar-refractivity contribution >= 4 is 46.8 Å². The summed E-state index contributed by atoms with van der Waals surface area (Å²) in [5.74, 6) is 0.415. The fraction of sp³-hybridized carbons (Fsp3) is 0.667. The number of carbonyl (C=O) groups is 3. The van der Waals surface area contributed by atoms with E-state index in [1.165, 1.54) is 10.9 Å². The van der Waals surface area contributed by atoms with Crippen LogP contribution in [-0.2, 0) is 30.5 Å². The number of hydrogen-bond donors (Lipinski definition) is 4. The molecule has 3 atom stereocenters. The molecule has 14 nitrogen and oxygen atoms in total. The first kappa shape index (κ1) is 28.7. The summed E-state index contributed by atoms with van der Waals surface area (Å²) in [6.45, 7) is 0.706. The molecule has 1 unspecified atom stereocenters. The molecular weight excluding hydrogens is 530 g/mol. The van der Waals surface area contributed by atoms with Gasteiger partial charge in [0, 0.05) is 23.8 Å². The third-order valence-corrected chi connectivity index (χ3v) is 8.07. The predicted octanol–water partition coefficient (Wildman–Crippen LogP) is 1.05. The Balaban J connectivity index is 0.951.